The first-order valence-electron chi connectivity index (χ1n) is 8.76. The zero-order valence-corrected chi connectivity index (χ0v) is 14.9. The molecule has 0 aliphatic rings. The van der Waals surface area contributed by atoms with Crippen molar-refractivity contribution in [3.05, 3.63) is 107 Å². The highest BCUT2D eigenvalue weighted by atomic mass is 16.1. The molecule has 0 fully saturated rings. The molecule has 0 atom stereocenters. The summed E-state index contributed by atoms with van der Waals surface area (Å²) in [7, 11) is 0. The van der Waals surface area contributed by atoms with Gasteiger partial charge >= 0.3 is 0 Å². The number of nitriles is 1. The van der Waals surface area contributed by atoms with Crippen LogP contribution in [0.2, 0.25) is 0 Å². The van der Waals surface area contributed by atoms with Crippen molar-refractivity contribution < 1.29 is 0 Å². The topological polar surface area (TPSA) is 70.7 Å². The quantitative estimate of drug-likeness (QED) is 0.578. The summed E-state index contributed by atoms with van der Waals surface area (Å²) in [6.45, 7) is 0. The van der Waals surface area contributed by atoms with E-state index < -0.39 is 0 Å². The lowest BCUT2D eigenvalue weighted by atomic mass is 10.1. The van der Waals surface area contributed by atoms with Crippen molar-refractivity contribution in [2.24, 2.45) is 0 Å². The smallest absolute Gasteiger partial charge is 0.278 e. The predicted molar refractivity (Wildman–Crippen MR) is 110 cm³/mol. The van der Waals surface area contributed by atoms with Crippen LogP contribution in [0.5, 0.6) is 0 Å². The average Bonchev–Trinajstić information content (AvgIpc) is 2.76. The Morgan fingerprint density at radius 1 is 0.893 bits per heavy atom. The maximum absolute atomic E-state index is 13.2. The summed E-state index contributed by atoms with van der Waals surface area (Å²) < 4.78 is 1.58. The molecule has 28 heavy (non-hydrogen) atoms. The maximum Gasteiger partial charge on any atom is 0.278 e. The molecule has 2 heterocycles. The Kier molecular flexibility index (Phi) is 4.68. The molecule has 0 saturated heterocycles. The summed E-state index contributed by atoms with van der Waals surface area (Å²) in [5.74, 6) is 0. The van der Waals surface area contributed by atoms with Crippen LogP contribution in [0.25, 0.3) is 16.9 Å². The van der Waals surface area contributed by atoms with Gasteiger partial charge in [0.2, 0.25) is 0 Å². The van der Waals surface area contributed by atoms with Gasteiger partial charge in [-0.15, -0.1) is 0 Å². The zero-order valence-electron chi connectivity index (χ0n) is 14.9. The van der Waals surface area contributed by atoms with Crippen molar-refractivity contribution in [2.75, 3.05) is 5.32 Å². The van der Waals surface area contributed by atoms with E-state index in [9.17, 15) is 10.1 Å². The van der Waals surface area contributed by atoms with Gasteiger partial charge in [-0.25, -0.2) is 0 Å². The number of aromatic nitrogens is 2. The third-order valence-electron chi connectivity index (χ3n) is 4.33. The van der Waals surface area contributed by atoms with Gasteiger partial charge in [-0.2, -0.15) is 5.26 Å². The Hall–Kier alpha value is -4.17. The SMILES string of the molecule is N#Cc1ccccc1Nc1cc(-c2ccccn2)cn(-c2ccccc2)c1=O. The van der Waals surface area contributed by atoms with Crippen LogP contribution in [-0.2, 0) is 0 Å². The fraction of sp³-hybridized carbons (Fsp3) is 0. The highest BCUT2D eigenvalue weighted by Crippen LogP contribution is 2.23. The molecule has 134 valence electrons. The van der Waals surface area contributed by atoms with Crippen LogP contribution < -0.4 is 10.9 Å². The molecule has 4 rings (SSSR count). The number of hydrogen-bond acceptors (Lipinski definition) is 4. The van der Waals surface area contributed by atoms with E-state index >= 15 is 0 Å². The number of rotatable bonds is 4. The molecule has 0 bridgehead atoms. The van der Waals surface area contributed by atoms with Crippen LogP contribution >= 0.6 is 0 Å². The first kappa shape index (κ1) is 17.3. The summed E-state index contributed by atoms with van der Waals surface area (Å²) in [6, 6.07) is 26.0. The minimum Gasteiger partial charge on any atom is -0.350 e. The lowest BCUT2D eigenvalue weighted by Gasteiger charge is -2.14. The lowest BCUT2D eigenvalue weighted by Crippen LogP contribution is -2.21. The number of nitrogens with zero attached hydrogens (tertiary/aromatic N) is 3. The predicted octanol–water partition coefficient (Wildman–Crippen LogP) is 4.51. The Morgan fingerprint density at radius 2 is 1.64 bits per heavy atom. The van der Waals surface area contributed by atoms with Gasteiger partial charge in [-0.05, 0) is 42.5 Å². The molecule has 5 nitrogen and oxygen atoms in total. The fourth-order valence-corrected chi connectivity index (χ4v) is 2.96. The third kappa shape index (κ3) is 3.39. The standard InChI is InChI=1S/C23H16N4O/c24-15-17-8-4-5-12-21(17)26-22-14-18(20-11-6-7-13-25-20)16-27(23(22)28)19-9-2-1-3-10-19/h1-14,16,26H. The van der Waals surface area contributed by atoms with E-state index in [1.807, 2.05) is 54.6 Å². The number of pyridine rings is 2. The molecule has 0 unspecified atom stereocenters. The summed E-state index contributed by atoms with van der Waals surface area (Å²) >= 11 is 0. The van der Waals surface area contributed by atoms with Gasteiger partial charge in [0.05, 0.1) is 16.9 Å². The molecule has 0 aliphatic carbocycles. The van der Waals surface area contributed by atoms with E-state index in [1.54, 1.807) is 41.2 Å². The van der Waals surface area contributed by atoms with Gasteiger partial charge in [-0.3, -0.25) is 14.3 Å². The highest BCUT2D eigenvalue weighted by molar-refractivity contribution is 5.71. The Labute approximate surface area is 162 Å². The minimum absolute atomic E-state index is 0.210. The van der Waals surface area contributed by atoms with Crippen LogP contribution in [0.1, 0.15) is 5.56 Å². The normalized spacial score (nSPS) is 10.2. The molecule has 2 aromatic carbocycles. The van der Waals surface area contributed by atoms with Crippen molar-refractivity contribution in [1.82, 2.24) is 9.55 Å². The molecular formula is C23H16N4O. The fourth-order valence-electron chi connectivity index (χ4n) is 2.96. The second-order valence-corrected chi connectivity index (χ2v) is 6.15. The van der Waals surface area contributed by atoms with E-state index in [2.05, 4.69) is 16.4 Å². The Bertz CT molecular complexity index is 1210. The second kappa shape index (κ2) is 7.60. The third-order valence-corrected chi connectivity index (χ3v) is 4.33. The maximum atomic E-state index is 13.2. The van der Waals surface area contributed by atoms with Gasteiger partial charge in [-0.1, -0.05) is 36.4 Å². The minimum atomic E-state index is -0.210. The van der Waals surface area contributed by atoms with E-state index in [1.165, 1.54) is 0 Å². The van der Waals surface area contributed by atoms with Crippen molar-refractivity contribution in [3.63, 3.8) is 0 Å². The largest absolute Gasteiger partial charge is 0.350 e. The molecule has 1 N–H and O–H groups in total. The summed E-state index contributed by atoms with van der Waals surface area (Å²) in [5, 5.41) is 12.5. The van der Waals surface area contributed by atoms with E-state index in [0.717, 1.165) is 16.9 Å². The summed E-state index contributed by atoms with van der Waals surface area (Å²) in [5.41, 5.74) is 3.51. The van der Waals surface area contributed by atoms with Crippen molar-refractivity contribution >= 4 is 11.4 Å². The molecule has 0 amide bonds. The molecular weight excluding hydrogens is 348 g/mol. The second-order valence-electron chi connectivity index (χ2n) is 6.15. The van der Waals surface area contributed by atoms with Gasteiger partial charge in [0.15, 0.2) is 0 Å². The van der Waals surface area contributed by atoms with Crippen molar-refractivity contribution in [2.45, 2.75) is 0 Å². The van der Waals surface area contributed by atoms with Crippen LogP contribution in [0.4, 0.5) is 11.4 Å². The zero-order chi connectivity index (χ0) is 19.3. The van der Waals surface area contributed by atoms with Crippen LogP contribution in [0, 0.1) is 11.3 Å². The number of anilines is 2. The van der Waals surface area contributed by atoms with Crippen LogP contribution in [0.15, 0.2) is 96.1 Å². The number of hydrogen-bond donors (Lipinski definition) is 1. The Morgan fingerprint density at radius 3 is 2.39 bits per heavy atom. The van der Waals surface area contributed by atoms with E-state index in [-0.39, 0.29) is 5.56 Å². The van der Waals surface area contributed by atoms with Gasteiger partial charge in [0.1, 0.15) is 11.8 Å². The number of para-hydroxylation sites is 2. The van der Waals surface area contributed by atoms with Crippen molar-refractivity contribution in [3.8, 4) is 23.0 Å². The van der Waals surface area contributed by atoms with Crippen LogP contribution in [-0.4, -0.2) is 9.55 Å². The van der Waals surface area contributed by atoms with Gasteiger partial charge < -0.3 is 5.32 Å². The van der Waals surface area contributed by atoms with Crippen molar-refractivity contribution in [1.29, 1.82) is 5.26 Å². The molecule has 0 saturated carbocycles. The molecule has 0 radical (unpaired) electrons. The number of benzene rings is 2. The highest BCUT2D eigenvalue weighted by Gasteiger charge is 2.12. The molecule has 4 aromatic rings. The molecule has 2 aromatic heterocycles. The van der Waals surface area contributed by atoms with Gasteiger partial charge in [0, 0.05) is 23.6 Å². The van der Waals surface area contributed by atoms with E-state index in [0.29, 0.717) is 16.9 Å². The molecule has 0 aliphatic heterocycles. The number of nitrogens with one attached hydrogen (secondary N) is 1. The van der Waals surface area contributed by atoms with Crippen LogP contribution in [0.3, 0.4) is 0 Å². The average molecular weight is 364 g/mol. The monoisotopic (exact) mass is 364 g/mol. The lowest BCUT2D eigenvalue weighted by molar-refractivity contribution is 0.993. The molecule has 0 spiro atoms. The summed E-state index contributed by atoms with van der Waals surface area (Å²) in [6.07, 6.45) is 3.49. The Balaban J connectivity index is 1.90. The first-order valence-corrected chi connectivity index (χ1v) is 8.76. The first-order chi connectivity index (χ1) is 13.8. The van der Waals surface area contributed by atoms with E-state index in [4.69, 9.17) is 0 Å². The van der Waals surface area contributed by atoms with Gasteiger partial charge in [0.25, 0.3) is 5.56 Å². The molecule has 5 heteroatoms. The summed E-state index contributed by atoms with van der Waals surface area (Å²) in [4.78, 5) is 17.6.